The second-order valence-electron chi connectivity index (χ2n) is 5.83. The summed E-state index contributed by atoms with van der Waals surface area (Å²) in [5, 5.41) is 10.3. The highest BCUT2D eigenvalue weighted by atomic mass is 16.7. The molecule has 1 saturated heterocycles. The van der Waals surface area contributed by atoms with Gasteiger partial charge in [0, 0.05) is 11.8 Å². The summed E-state index contributed by atoms with van der Waals surface area (Å²) in [5.41, 5.74) is 6.01. The van der Waals surface area contributed by atoms with Crippen molar-refractivity contribution in [3.8, 4) is 11.5 Å². The number of nitrogens with zero attached hydrogens (tertiary/aromatic N) is 1. The second kappa shape index (κ2) is 3.79. The number of likely N-dealkylation sites (tertiary alicyclic amines) is 1. The summed E-state index contributed by atoms with van der Waals surface area (Å²) < 4.78 is 10.5. The second-order valence-corrected chi connectivity index (χ2v) is 5.83. The maximum atomic E-state index is 12.4. The Bertz CT molecular complexity index is 591. The zero-order valence-electron chi connectivity index (χ0n) is 11.0. The third-order valence-corrected chi connectivity index (χ3v) is 4.33. The van der Waals surface area contributed by atoms with Crippen LogP contribution >= 0.6 is 0 Å². The first-order valence-corrected chi connectivity index (χ1v) is 6.78. The molecule has 2 fully saturated rings. The number of amides is 1. The molecule has 2 heterocycles. The zero-order valence-corrected chi connectivity index (χ0v) is 11.0. The van der Waals surface area contributed by atoms with Crippen LogP contribution in [0.2, 0.25) is 0 Å². The molecule has 1 aromatic carbocycles. The van der Waals surface area contributed by atoms with Gasteiger partial charge in [-0.1, -0.05) is 0 Å². The van der Waals surface area contributed by atoms with E-state index in [0.717, 1.165) is 12.8 Å². The van der Waals surface area contributed by atoms with Crippen LogP contribution in [-0.2, 0) is 0 Å². The van der Waals surface area contributed by atoms with Crippen molar-refractivity contribution < 1.29 is 19.4 Å². The van der Waals surface area contributed by atoms with E-state index < -0.39 is 5.60 Å². The predicted octanol–water partition coefficient (Wildman–Crippen LogP) is 0.594. The Morgan fingerprint density at radius 2 is 1.95 bits per heavy atom. The zero-order chi connectivity index (χ0) is 13.9. The molecule has 6 heteroatoms. The van der Waals surface area contributed by atoms with E-state index in [4.69, 9.17) is 15.2 Å². The summed E-state index contributed by atoms with van der Waals surface area (Å²) >= 11 is 0. The molecule has 3 aliphatic rings. The third-order valence-electron chi connectivity index (χ3n) is 4.33. The average Bonchev–Trinajstić information content (AvgIpc) is 3.14. The lowest BCUT2D eigenvalue weighted by Crippen LogP contribution is -2.64. The first kappa shape index (κ1) is 11.8. The maximum absolute atomic E-state index is 12.4. The molecule has 0 radical (unpaired) electrons. The number of aliphatic hydroxyl groups is 1. The van der Waals surface area contributed by atoms with Gasteiger partial charge in [-0.15, -0.1) is 0 Å². The molecule has 0 spiro atoms. The van der Waals surface area contributed by atoms with Crippen LogP contribution in [0.1, 0.15) is 23.2 Å². The van der Waals surface area contributed by atoms with Gasteiger partial charge in [-0.3, -0.25) is 4.79 Å². The highest BCUT2D eigenvalue weighted by molar-refractivity contribution is 6.00. The number of carbonyl (C=O) groups excluding carboxylic acids is 1. The van der Waals surface area contributed by atoms with Gasteiger partial charge in [0.25, 0.3) is 5.91 Å². The van der Waals surface area contributed by atoms with E-state index in [-0.39, 0.29) is 12.7 Å². The largest absolute Gasteiger partial charge is 0.454 e. The number of nitrogen functional groups attached to an aromatic ring is 1. The average molecular weight is 276 g/mol. The molecule has 1 amide bonds. The topological polar surface area (TPSA) is 85.0 Å². The lowest BCUT2D eigenvalue weighted by Gasteiger charge is -2.47. The van der Waals surface area contributed by atoms with Crippen LogP contribution in [-0.4, -0.2) is 41.4 Å². The van der Waals surface area contributed by atoms with Crippen molar-refractivity contribution in [2.45, 2.75) is 18.4 Å². The van der Waals surface area contributed by atoms with Crippen LogP contribution in [0.3, 0.4) is 0 Å². The third kappa shape index (κ3) is 1.64. The van der Waals surface area contributed by atoms with Crippen molar-refractivity contribution >= 4 is 11.6 Å². The Labute approximate surface area is 116 Å². The Morgan fingerprint density at radius 1 is 1.30 bits per heavy atom. The predicted molar refractivity (Wildman–Crippen MR) is 70.6 cm³/mol. The van der Waals surface area contributed by atoms with E-state index >= 15 is 0 Å². The monoisotopic (exact) mass is 276 g/mol. The summed E-state index contributed by atoms with van der Waals surface area (Å²) in [6, 6.07) is 3.23. The van der Waals surface area contributed by atoms with Gasteiger partial charge in [-0.05, 0) is 24.8 Å². The summed E-state index contributed by atoms with van der Waals surface area (Å²) in [7, 11) is 0. The van der Waals surface area contributed by atoms with Gasteiger partial charge in [-0.25, -0.2) is 0 Å². The molecule has 106 valence electrons. The van der Waals surface area contributed by atoms with Crippen LogP contribution in [0.4, 0.5) is 5.69 Å². The fraction of sp³-hybridized carbons (Fsp3) is 0.500. The van der Waals surface area contributed by atoms with E-state index in [1.165, 1.54) is 0 Å². The summed E-state index contributed by atoms with van der Waals surface area (Å²) in [6.07, 6.45) is 2.12. The van der Waals surface area contributed by atoms with Crippen molar-refractivity contribution in [2.75, 3.05) is 25.6 Å². The minimum atomic E-state index is -0.680. The first-order chi connectivity index (χ1) is 9.57. The minimum Gasteiger partial charge on any atom is -0.454 e. The molecule has 0 unspecified atom stereocenters. The fourth-order valence-electron chi connectivity index (χ4n) is 2.95. The number of carbonyl (C=O) groups is 1. The molecule has 2 aliphatic heterocycles. The van der Waals surface area contributed by atoms with E-state index in [1.54, 1.807) is 17.0 Å². The Kier molecular flexibility index (Phi) is 2.24. The maximum Gasteiger partial charge on any atom is 0.256 e. The summed E-state index contributed by atoms with van der Waals surface area (Å²) in [4.78, 5) is 14.0. The Morgan fingerprint density at radius 3 is 2.60 bits per heavy atom. The number of anilines is 1. The lowest BCUT2D eigenvalue weighted by molar-refractivity contribution is -0.0957. The van der Waals surface area contributed by atoms with Gasteiger partial charge < -0.3 is 25.2 Å². The molecule has 1 aliphatic carbocycles. The summed E-state index contributed by atoms with van der Waals surface area (Å²) in [5.74, 6) is 1.31. The first-order valence-electron chi connectivity index (χ1n) is 6.78. The SMILES string of the molecule is Nc1cc2c(cc1C(=O)N1CC(O)(C3CC3)C1)OCO2. The Balaban J connectivity index is 1.55. The van der Waals surface area contributed by atoms with Crippen molar-refractivity contribution in [3.05, 3.63) is 17.7 Å². The van der Waals surface area contributed by atoms with Crippen LogP contribution in [0.15, 0.2) is 12.1 Å². The van der Waals surface area contributed by atoms with Crippen molar-refractivity contribution in [1.82, 2.24) is 4.90 Å². The Hall–Kier alpha value is -1.95. The molecule has 0 atom stereocenters. The molecule has 6 nitrogen and oxygen atoms in total. The molecule has 20 heavy (non-hydrogen) atoms. The summed E-state index contributed by atoms with van der Waals surface area (Å²) in [6.45, 7) is 0.937. The van der Waals surface area contributed by atoms with Crippen molar-refractivity contribution in [3.63, 3.8) is 0 Å². The van der Waals surface area contributed by atoms with Crippen LogP contribution in [0, 0.1) is 5.92 Å². The smallest absolute Gasteiger partial charge is 0.256 e. The number of fused-ring (bicyclic) bond motifs is 1. The quantitative estimate of drug-likeness (QED) is 0.772. The molecule has 1 saturated carbocycles. The number of nitrogens with two attached hydrogens (primary N) is 1. The lowest BCUT2D eigenvalue weighted by atomic mass is 9.88. The van der Waals surface area contributed by atoms with Gasteiger partial charge in [0.2, 0.25) is 6.79 Å². The number of benzene rings is 1. The van der Waals surface area contributed by atoms with Crippen molar-refractivity contribution in [2.24, 2.45) is 5.92 Å². The fourth-order valence-corrected chi connectivity index (χ4v) is 2.95. The molecule has 0 aromatic heterocycles. The number of ether oxygens (including phenoxy) is 2. The molecular formula is C14H16N2O4. The molecule has 1 aromatic rings. The number of rotatable bonds is 2. The van der Waals surface area contributed by atoms with Crippen LogP contribution < -0.4 is 15.2 Å². The standard InChI is InChI=1S/C14H16N2O4/c15-10-4-12-11(19-7-20-12)3-9(10)13(17)16-5-14(18,6-16)8-1-2-8/h3-4,8,18H,1-2,5-7,15H2. The number of hydrogen-bond donors (Lipinski definition) is 2. The molecular weight excluding hydrogens is 260 g/mol. The van der Waals surface area contributed by atoms with Crippen molar-refractivity contribution in [1.29, 1.82) is 0 Å². The highest BCUT2D eigenvalue weighted by Gasteiger charge is 2.53. The highest BCUT2D eigenvalue weighted by Crippen LogP contribution is 2.45. The van der Waals surface area contributed by atoms with Gasteiger partial charge in [0.15, 0.2) is 11.5 Å². The molecule has 0 bridgehead atoms. The van der Waals surface area contributed by atoms with Crippen LogP contribution in [0.5, 0.6) is 11.5 Å². The van der Waals surface area contributed by atoms with E-state index in [0.29, 0.717) is 41.8 Å². The normalized spacial score (nSPS) is 22.6. The van der Waals surface area contributed by atoms with E-state index in [1.807, 2.05) is 0 Å². The van der Waals surface area contributed by atoms with E-state index in [9.17, 15) is 9.90 Å². The van der Waals surface area contributed by atoms with Gasteiger partial charge >= 0.3 is 0 Å². The van der Waals surface area contributed by atoms with Crippen LogP contribution in [0.25, 0.3) is 0 Å². The number of β-amino-alcohol motifs (C(OH)–C–C–N with tert-alkyl or cyclic N) is 1. The number of hydrogen-bond acceptors (Lipinski definition) is 5. The van der Waals surface area contributed by atoms with Gasteiger partial charge in [-0.2, -0.15) is 0 Å². The molecule has 4 rings (SSSR count). The minimum absolute atomic E-state index is 0.150. The van der Waals surface area contributed by atoms with Gasteiger partial charge in [0.05, 0.1) is 18.7 Å². The van der Waals surface area contributed by atoms with E-state index in [2.05, 4.69) is 0 Å². The molecule has 3 N–H and O–H groups in total. The van der Waals surface area contributed by atoms with Gasteiger partial charge in [0.1, 0.15) is 5.60 Å².